The van der Waals surface area contributed by atoms with Crippen LogP contribution in [0.3, 0.4) is 0 Å². The van der Waals surface area contributed by atoms with Crippen molar-refractivity contribution in [3.8, 4) is 5.75 Å². The number of methoxy groups -OCH3 is 1. The molecule has 3 heterocycles. The number of benzene rings is 2. The maximum Gasteiger partial charge on any atom is 0.325 e. The van der Waals surface area contributed by atoms with Crippen molar-refractivity contribution >= 4 is 17.8 Å². The first-order chi connectivity index (χ1) is 17.4. The van der Waals surface area contributed by atoms with Crippen LogP contribution in [-0.4, -0.2) is 72.6 Å². The predicted molar refractivity (Wildman–Crippen MR) is 129 cm³/mol. The van der Waals surface area contributed by atoms with Gasteiger partial charge in [0.2, 0.25) is 0 Å². The highest BCUT2D eigenvalue weighted by atomic mass is 19.1. The van der Waals surface area contributed by atoms with Gasteiger partial charge >= 0.3 is 6.03 Å². The molecule has 2 fully saturated rings. The monoisotopic (exact) mass is 495 g/mol. The van der Waals surface area contributed by atoms with Crippen molar-refractivity contribution in [3.05, 3.63) is 65.5 Å². The molecule has 0 spiro atoms. The molecule has 8 nitrogen and oxygen atoms in total. The van der Waals surface area contributed by atoms with Gasteiger partial charge in [0.1, 0.15) is 17.1 Å². The molecule has 2 saturated heterocycles. The lowest BCUT2D eigenvalue weighted by Gasteiger charge is -2.41. The number of hydrogen-bond acceptors (Lipinski definition) is 5. The van der Waals surface area contributed by atoms with Crippen molar-refractivity contribution in [2.75, 3.05) is 33.4 Å². The number of carbonyl (C=O) groups excluding carboxylic acids is 3. The average Bonchev–Trinajstić information content (AvgIpc) is 3.43. The first kappa shape index (κ1) is 24.2. The topological polar surface area (TPSA) is 88.2 Å². The Bertz CT molecular complexity index is 1120. The number of para-hydroxylation sites is 1. The third-order valence-electron chi connectivity index (χ3n) is 7.54. The molecule has 9 heteroatoms. The molecule has 1 N–H and O–H groups in total. The standard InChI is InChI=1S/C27H30FN3O5/c1-35-15-14-31-25(33)27(29-26(31)34,17-18-6-8-21(28)9-7-18)20-10-12-30(13-11-20)24(32)23-16-19-4-2-3-5-22(19)36-23/h2-9,20,23H,10-17H2,1H3,(H,29,34)/t23-,27+/m1/s1. The molecule has 3 aliphatic rings. The Kier molecular flexibility index (Phi) is 6.66. The zero-order valence-corrected chi connectivity index (χ0v) is 20.2. The number of nitrogens with zero attached hydrogens (tertiary/aromatic N) is 2. The van der Waals surface area contributed by atoms with E-state index in [1.807, 2.05) is 24.3 Å². The van der Waals surface area contributed by atoms with Crippen molar-refractivity contribution in [1.29, 1.82) is 0 Å². The lowest BCUT2D eigenvalue weighted by atomic mass is 9.74. The van der Waals surface area contributed by atoms with Crippen LogP contribution in [0.25, 0.3) is 0 Å². The van der Waals surface area contributed by atoms with Crippen molar-refractivity contribution in [2.45, 2.75) is 37.3 Å². The lowest BCUT2D eigenvalue weighted by Crippen LogP contribution is -2.58. The second kappa shape index (κ2) is 9.89. The second-order valence-electron chi connectivity index (χ2n) is 9.67. The first-order valence-corrected chi connectivity index (χ1v) is 12.3. The molecule has 0 bridgehead atoms. The largest absolute Gasteiger partial charge is 0.480 e. The SMILES string of the molecule is COCCN1C(=O)N[C@@](Cc2ccc(F)cc2)(C2CCN(C(=O)[C@H]3Cc4ccccc4O3)CC2)C1=O. The number of likely N-dealkylation sites (tertiary alicyclic amines) is 1. The first-order valence-electron chi connectivity index (χ1n) is 12.3. The number of nitrogens with one attached hydrogen (secondary N) is 1. The van der Waals surface area contributed by atoms with Gasteiger partial charge < -0.3 is 19.7 Å². The van der Waals surface area contributed by atoms with E-state index in [-0.39, 0.29) is 43.1 Å². The fourth-order valence-corrected chi connectivity index (χ4v) is 5.61. The fourth-order valence-electron chi connectivity index (χ4n) is 5.61. The number of amides is 4. The van der Waals surface area contributed by atoms with Gasteiger partial charge in [0.15, 0.2) is 6.10 Å². The molecule has 2 atom stereocenters. The number of carbonyl (C=O) groups is 3. The van der Waals surface area contributed by atoms with Crippen molar-refractivity contribution in [2.24, 2.45) is 5.92 Å². The second-order valence-corrected chi connectivity index (χ2v) is 9.67. The highest BCUT2D eigenvalue weighted by molar-refractivity contribution is 6.07. The van der Waals surface area contributed by atoms with Crippen molar-refractivity contribution in [1.82, 2.24) is 15.1 Å². The van der Waals surface area contributed by atoms with E-state index in [4.69, 9.17) is 9.47 Å². The summed E-state index contributed by atoms with van der Waals surface area (Å²) in [4.78, 5) is 42.7. The molecule has 0 aliphatic carbocycles. The molecule has 2 aromatic rings. The summed E-state index contributed by atoms with van der Waals surface area (Å²) in [5.41, 5.74) is 0.631. The molecular formula is C27H30FN3O5. The van der Waals surface area contributed by atoms with Crippen LogP contribution in [0, 0.1) is 11.7 Å². The summed E-state index contributed by atoms with van der Waals surface area (Å²) >= 11 is 0. The molecule has 3 aliphatic heterocycles. The van der Waals surface area contributed by atoms with E-state index in [9.17, 15) is 18.8 Å². The minimum absolute atomic E-state index is 0.0549. The Labute approximate surface area is 209 Å². The maximum absolute atomic E-state index is 13.7. The van der Waals surface area contributed by atoms with E-state index < -0.39 is 17.7 Å². The third-order valence-corrected chi connectivity index (χ3v) is 7.54. The normalized spacial score (nSPS) is 24.0. The number of piperidine rings is 1. The molecule has 190 valence electrons. The average molecular weight is 496 g/mol. The van der Waals surface area contributed by atoms with E-state index in [1.165, 1.54) is 24.1 Å². The van der Waals surface area contributed by atoms with Crippen LogP contribution in [0.5, 0.6) is 5.75 Å². The van der Waals surface area contributed by atoms with Crippen LogP contribution < -0.4 is 10.1 Å². The van der Waals surface area contributed by atoms with Gasteiger partial charge in [0, 0.05) is 33.0 Å². The van der Waals surface area contributed by atoms with Gasteiger partial charge in [-0.1, -0.05) is 30.3 Å². The molecule has 5 rings (SSSR count). The van der Waals surface area contributed by atoms with Crippen molar-refractivity contribution < 1.29 is 28.2 Å². The van der Waals surface area contributed by atoms with E-state index in [0.717, 1.165) is 16.9 Å². The number of ether oxygens (including phenoxy) is 2. The highest BCUT2D eigenvalue weighted by Gasteiger charge is 2.56. The summed E-state index contributed by atoms with van der Waals surface area (Å²) < 4.78 is 24.5. The number of urea groups is 1. The quantitative estimate of drug-likeness (QED) is 0.597. The van der Waals surface area contributed by atoms with Gasteiger partial charge in [-0.3, -0.25) is 14.5 Å². The number of halogens is 1. The number of imide groups is 1. The van der Waals surface area contributed by atoms with Gasteiger partial charge in [0.25, 0.3) is 11.8 Å². The highest BCUT2D eigenvalue weighted by Crippen LogP contribution is 2.37. The van der Waals surface area contributed by atoms with E-state index in [1.54, 1.807) is 17.0 Å². The summed E-state index contributed by atoms with van der Waals surface area (Å²) in [5.74, 6) is -0.148. The number of hydrogen-bond donors (Lipinski definition) is 1. The Hall–Kier alpha value is -3.46. The zero-order chi connectivity index (χ0) is 25.3. The van der Waals surface area contributed by atoms with Crippen LogP contribution in [-0.2, 0) is 27.2 Å². The summed E-state index contributed by atoms with van der Waals surface area (Å²) in [6, 6.07) is 13.2. The van der Waals surface area contributed by atoms with E-state index in [0.29, 0.717) is 32.4 Å². The fraction of sp³-hybridized carbons (Fsp3) is 0.444. The molecule has 0 saturated carbocycles. The summed E-state index contributed by atoms with van der Waals surface area (Å²) in [6.07, 6.45) is 1.37. The van der Waals surface area contributed by atoms with E-state index >= 15 is 0 Å². The van der Waals surface area contributed by atoms with Crippen LogP contribution in [0.15, 0.2) is 48.5 Å². The van der Waals surface area contributed by atoms with Crippen LogP contribution in [0.4, 0.5) is 9.18 Å². The number of fused-ring (bicyclic) bond motifs is 1. The van der Waals surface area contributed by atoms with Crippen LogP contribution in [0.1, 0.15) is 24.0 Å². The van der Waals surface area contributed by atoms with Crippen LogP contribution in [0.2, 0.25) is 0 Å². The van der Waals surface area contributed by atoms with Gasteiger partial charge in [0.05, 0.1) is 13.2 Å². The Balaban J connectivity index is 1.31. The summed E-state index contributed by atoms with van der Waals surface area (Å²) in [6.45, 7) is 1.32. The molecule has 4 amide bonds. The smallest absolute Gasteiger partial charge is 0.325 e. The van der Waals surface area contributed by atoms with Gasteiger partial charge in [-0.25, -0.2) is 9.18 Å². The third kappa shape index (κ3) is 4.43. The Morgan fingerprint density at radius 3 is 2.56 bits per heavy atom. The minimum Gasteiger partial charge on any atom is -0.480 e. The van der Waals surface area contributed by atoms with Gasteiger partial charge in [-0.05, 0) is 48.1 Å². The lowest BCUT2D eigenvalue weighted by molar-refractivity contribution is -0.140. The molecule has 0 unspecified atom stereocenters. The summed E-state index contributed by atoms with van der Waals surface area (Å²) in [7, 11) is 1.52. The molecular weight excluding hydrogens is 465 g/mol. The molecule has 0 radical (unpaired) electrons. The Morgan fingerprint density at radius 2 is 1.86 bits per heavy atom. The predicted octanol–water partition coefficient (Wildman–Crippen LogP) is 2.55. The van der Waals surface area contributed by atoms with Gasteiger partial charge in [-0.2, -0.15) is 0 Å². The molecule has 2 aromatic carbocycles. The Morgan fingerprint density at radius 1 is 1.14 bits per heavy atom. The maximum atomic E-state index is 13.7. The minimum atomic E-state index is -1.15. The molecule has 0 aromatic heterocycles. The summed E-state index contributed by atoms with van der Waals surface area (Å²) in [5, 5.41) is 2.98. The van der Waals surface area contributed by atoms with Crippen LogP contribution >= 0.6 is 0 Å². The number of rotatable bonds is 7. The molecule has 36 heavy (non-hydrogen) atoms. The van der Waals surface area contributed by atoms with Crippen molar-refractivity contribution in [3.63, 3.8) is 0 Å². The zero-order valence-electron chi connectivity index (χ0n) is 20.2. The van der Waals surface area contributed by atoms with Gasteiger partial charge in [-0.15, -0.1) is 0 Å². The van der Waals surface area contributed by atoms with E-state index in [2.05, 4.69) is 5.32 Å².